The molecular weight excluding hydrogens is 172 g/mol. The second-order valence-corrected chi connectivity index (χ2v) is 4.45. The number of hydrogen-bond donors (Lipinski definition) is 1. The molecule has 1 saturated heterocycles. The molecule has 0 aromatic rings. The Labute approximate surface area is 89.1 Å². The Morgan fingerprint density at radius 3 is 2.79 bits per heavy atom. The zero-order valence-electron chi connectivity index (χ0n) is 9.89. The predicted molar refractivity (Wildman–Crippen MR) is 62.7 cm³/mol. The minimum atomic E-state index is 0.775. The third kappa shape index (κ3) is 4.43. The van der Waals surface area contributed by atoms with E-state index in [9.17, 15) is 0 Å². The van der Waals surface area contributed by atoms with E-state index < -0.39 is 0 Å². The first-order chi connectivity index (χ1) is 6.86. The summed E-state index contributed by atoms with van der Waals surface area (Å²) in [6.07, 6.45) is 6.73. The normalized spacial score (nSPS) is 23.1. The van der Waals surface area contributed by atoms with Crippen LogP contribution in [0, 0.1) is 0 Å². The van der Waals surface area contributed by atoms with E-state index in [0.717, 1.165) is 6.04 Å². The van der Waals surface area contributed by atoms with Gasteiger partial charge in [-0.25, -0.2) is 0 Å². The highest BCUT2D eigenvalue weighted by atomic mass is 15.2. The maximum Gasteiger partial charge on any atom is 0.0207 e. The highest BCUT2D eigenvalue weighted by Crippen LogP contribution is 2.10. The van der Waals surface area contributed by atoms with Crippen molar-refractivity contribution in [3.63, 3.8) is 0 Å². The molecule has 2 nitrogen and oxygen atoms in total. The first kappa shape index (κ1) is 12.0. The van der Waals surface area contributed by atoms with Gasteiger partial charge in [-0.2, -0.15) is 0 Å². The summed E-state index contributed by atoms with van der Waals surface area (Å²) in [5, 5.41) is 3.61. The van der Waals surface area contributed by atoms with Gasteiger partial charge in [-0.1, -0.05) is 26.7 Å². The Morgan fingerprint density at radius 1 is 1.21 bits per heavy atom. The zero-order valence-corrected chi connectivity index (χ0v) is 9.89. The van der Waals surface area contributed by atoms with Crippen LogP contribution in [0.3, 0.4) is 0 Å². The number of nitrogens with zero attached hydrogens (tertiary/aromatic N) is 1. The number of unbranched alkanes of at least 4 members (excludes halogenated alkanes) is 2. The number of rotatable bonds is 7. The van der Waals surface area contributed by atoms with Crippen LogP contribution in [-0.4, -0.2) is 37.1 Å². The van der Waals surface area contributed by atoms with Crippen LogP contribution in [0.15, 0.2) is 0 Å². The van der Waals surface area contributed by atoms with E-state index in [1.54, 1.807) is 0 Å². The number of hydrogen-bond acceptors (Lipinski definition) is 2. The largest absolute Gasteiger partial charge is 0.313 e. The van der Waals surface area contributed by atoms with Crippen molar-refractivity contribution in [1.29, 1.82) is 0 Å². The smallest absolute Gasteiger partial charge is 0.0207 e. The van der Waals surface area contributed by atoms with Crippen molar-refractivity contribution < 1.29 is 0 Å². The molecule has 1 unspecified atom stereocenters. The lowest BCUT2D eigenvalue weighted by Crippen LogP contribution is -2.33. The highest BCUT2D eigenvalue weighted by Gasteiger charge is 2.20. The van der Waals surface area contributed by atoms with Gasteiger partial charge in [-0.05, 0) is 38.9 Å². The quantitative estimate of drug-likeness (QED) is 0.631. The third-order valence-corrected chi connectivity index (χ3v) is 3.03. The van der Waals surface area contributed by atoms with E-state index in [1.165, 1.54) is 58.3 Å². The SMILES string of the molecule is CCCCCN1CCC(NCCC)C1. The standard InChI is InChI=1S/C12H26N2/c1-3-5-6-9-14-10-7-12(11-14)13-8-4-2/h12-13H,3-11H2,1-2H3. The van der Waals surface area contributed by atoms with Crippen LogP contribution in [-0.2, 0) is 0 Å². The van der Waals surface area contributed by atoms with Crippen LogP contribution in [0.25, 0.3) is 0 Å². The Balaban J connectivity index is 2.02. The molecule has 0 bridgehead atoms. The summed E-state index contributed by atoms with van der Waals surface area (Å²) in [7, 11) is 0. The molecule has 14 heavy (non-hydrogen) atoms. The van der Waals surface area contributed by atoms with Crippen LogP contribution in [0.5, 0.6) is 0 Å². The Kier molecular flexibility index (Phi) is 6.20. The fourth-order valence-electron chi connectivity index (χ4n) is 2.14. The monoisotopic (exact) mass is 198 g/mol. The van der Waals surface area contributed by atoms with E-state index in [1.807, 2.05) is 0 Å². The molecule has 1 rings (SSSR count). The molecule has 2 heteroatoms. The summed E-state index contributed by atoms with van der Waals surface area (Å²) in [6, 6.07) is 0.775. The first-order valence-corrected chi connectivity index (χ1v) is 6.32. The van der Waals surface area contributed by atoms with Gasteiger partial charge in [0, 0.05) is 12.6 Å². The van der Waals surface area contributed by atoms with Crippen LogP contribution in [0.1, 0.15) is 46.0 Å². The molecule has 1 heterocycles. The Hall–Kier alpha value is -0.0800. The average molecular weight is 198 g/mol. The topological polar surface area (TPSA) is 15.3 Å². The average Bonchev–Trinajstić information content (AvgIpc) is 2.63. The predicted octanol–water partition coefficient (Wildman–Crippen LogP) is 2.25. The van der Waals surface area contributed by atoms with E-state index in [0.29, 0.717) is 0 Å². The van der Waals surface area contributed by atoms with Gasteiger partial charge in [0.25, 0.3) is 0 Å². The number of nitrogens with one attached hydrogen (secondary N) is 1. The molecule has 0 aromatic heterocycles. The van der Waals surface area contributed by atoms with Gasteiger partial charge in [0.2, 0.25) is 0 Å². The van der Waals surface area contributed by atoms with Gasteiger partial charge in [-0.15, -0.1) is 0 Å². The van der Waals surface area contributed by atoms with Crippen LogP contribution < -0.4 is 5.32 Å². The van der Waals surface area contributed by atoms with Gasteiger partial charge in [-0.3, -0.25) is 0 Å². The second-order valence-electron chi connectivity index (χ2n) is 4.45. The van der Waals surface area contributed by atoms with E-state index >= 15 is 0 Å². The molecule has 1 aliphatic heterocycles. The lowest BCUT2D eigenvalue weighted by Gasteiger charge is -2.16. The molecule has 1 fully saturated rings. The molecule has 0 aromatic carbocycles. The van der Waals surface area contributed by atoms with Crippen molar-refractivity contribution in [2.75, 3.05) is 26.2 Å². The van der Waals surface area contributed by atoms with Gasteiger partial charge in [0.1, 0.15) is 0 Å². The van der Waals surface area contributed by atoms with Crippen molar-refractivity contribution in [1.82, 2.24) is 10.2 Å². The lowest BCUT2D eigenvalue weighted by atomic mass is 10.2. The maximum atomic E-state index is 3.61. The van der Waals surface area contributed by atoms with Crippen LogP contribution >= 0.6 is 0 Å². The fourth-order valence-corrected chi connectivity index (χ4v) is 2.14. The summed E-state index contributed by atoms with van der Waals surface area (Å²) in [6.45, 7) is 9.61. The first-order valence-electron chi connectivity index (χ1n) is 6.32. The number of likely N-dealkylation sites (tertiary alicyclic amines) is 1. The summed E-state index contributed by atoms with van der Waals surface area (Å²) < 4.78 is 0. The van der Waals surface area contributed by atoms with E-state index in [4.69, 9.17) is 0 Å². The summed E-state index contributed by atoms with van der Waals surface area (Å²) in [5.74, 6) is 0. The molecule has 1 N–H and O–H groups in total. The summed E-state index contributed by atoms with van der Waals surface area (Å²) >= 11 is 0. The highest BCUT2D eigenvalue weighted by molar-refractivity contribution is 4.80. The van der Waals surface area contributed by atoms with Gasteiger partial charge in [0.05, 0.1) is 0 Å². The molecule has 1 aliphatic rings. The van der Waals surface area contributed by atoms with Crippen molar-refractivity contribution in [3.8, 4) is 0 Å². The minimum Gasteiger partial charge on any atom is -0.313 e. The fraction of sp³-hybridized carbons (Fsp3) is 1.00. The Morgan fingerprint density at radius 2 is 2.07 bits per heavy atom. The molecular formula is C12H26N2. The Bertz CT molecular complexity index is 136. The lowest BCUT2D eigenvalue weighted by molar-refractivity contribution is 0.319. The van der Waals surface area contributed by atoms with Crippen molar-refractivity contribution in [3.05, 3.63) is 0 Å². The van der Waals surface area contributed by atoms with Gasteiger partial charge < -0.3 is 10.2 Å². The van der Waals surface area contributed by atoms with Crippen LogP contribution in [0.2, 0.25) is 0 Å². The van der Waals surface area contributed by atoms with Gasteiger partial charge >= 0.3 is 0 Å². The summed E-state index contributed by atoms with van der Waals surface area (Å²) in [4.78, 5) is 2.61. The zero-order chi connectivity index (χ0) is 10.2. The third-order valence-electron chi connectivity index (χ3n) is 3.03. The van der Waals surface area contributed by atoms with Crippen molar-refractivity contribution >= 4 is 0 Å². The summed E-state index contributed by atoms with van der Waals surface area (Å²) in [5.41, 5.74) is 0. The molecule has 0 radical (unpaired) electrons. The molecule has 84 valence electrons. The van der Waals surface area contributed by atoms with Gasteiger partial charge in [0.15, 0.2) is 0 Å². The van der Waals surface area contributed by atoms with E-state index in [-0.39, 0.29) is 0 Å². The second kappa shape index (κ2) is 7.24. The molecule has 0 aliphatic carbocycles. The van der Waals surface area contributed by atoms with Crippen molar-refractivity contribution in [2.45, 2.75) is 52.0 Å². The van der Waals surface area contributed by atoms with E-state index in [2.05, 4.69) is 24.1 Å². The minimum absolute atomic E-state index is 0.775. The van der Waals surface area contributed by atoms with Crippen LogP contribution in [0.4, 0.5) is 0 Å². The molecule has 0 saturated carbocycles. The van der Waals surface area contributed by atoms with Crippen molar-refractivity contribution in [2.24, 2.45) is 0 Å². The maximum absolute atomic E-state index is 3.61. The molecule has 0 amide bonds. The molecule has 1 atom stereocenters. The molecule has 0 spiro atoms.